The molecule has 0 fully saturated rings. The van der Waals surface area contributed by atoms with Gasteiger partial charge in [-0.1, -0.05) is 60.7 Å². The number of nitrogens with one attached hydrogen (secondary N) is 1. The quantitative estimate of drug-likeness (QED) is 0.311. The molecule has 4 rings (SSSR count). The molecule has 0 aliphatic carbocycles. The number of nitriles is 1. The number of rotatable bonds is 8. The van der Waals surface area contributed by atoms with E-state index in [1.165, 1.54) is 0 Å². The average molecular weight is 467 g/mol. The summed E-state index contributed by atoms with van der Waals surface area (Å²) in [5, 5.41) is 12.0. The minimum absolute atomic E-state index is 0. The number of nitrogens with zero attached hydrogens (tertiary/aromatic N) is 3. The predicted octanol–water partition coefficient (Wildman–Crippen LogP) is 1.59. The van der Waals surface area contributed by atoms with Crippen LogP contribution in [0.5, 0.6) is 0 Å². The lowest BCUT2D eigenvalue weighted by Gasteiger charge is -2.23. The maximum Gasteiger partial charge on any atom is 0.244 e. The van der Waals surface area contributed by atoms with E-state index in [-0.39, 0.29) is 12.4 Å². The fourth-order valence-electron chi connectivity index (χ4n) is 3.38. The molecular formula is C24H24ClN4O2P. The van der Waals surface area contributed by atoms with Gasteiger partial charge in [0.15, 0.2) is 13.8 Å². The van der Waals surface area contributed by atoms with Gasteiger partial charge in [0, 0.05) is 29.3 Å². The fraction of sp³-hybridized carbons (Fsp3) is 0.167. The molecule has 1 aromatic heterocycles. The second kappa shape index (κ2) is 11.0. The van der Waals surface area contributed by atoms with E-state index in [1.807, 2.05) is 88.5 Å². The zero-order valence-electron chi connectivity index (χ0n) is 17.5. The minimum Gasteiger partial charge on any atom is -1.00 e. The molecule has 164 valence electrons. The normalized spacial score (nSPS) is 14.3. The predicted molar refractivity (Wildman–Crippen MR) is 120 cm³/mol. The maximum atomic E-state index is 13.7. The molecule has 0 saturated carbocycles. The third kappa shape index (κ3) is 5.99. The van der Waals surface area contributed by atoms with Gasteiger partial charge < -0.3 is 17.1 Å². The Bertz CT molecular complexity index is 1120. The Labute approximate surface area is 194 Å². The molecule has 3 aromatic rings. The Kier molecular flexibility index (Phi) is 8.08. The van der Waals surface area contributed by atoms with E-state index >= 15 is 0 Å². The van der Waals surface area contributed by atoms with Gasteiger partial charge in [-0.15, -0.1) is 0 Å². The van der Waals surface area contributed by atoms with Crippen molar-refractivity contribution in [1.29, 1.82) is 5.26 Å². The van der Waals surface area contributed by atoms with E-state index in [4.69, 9.17) is 10.00 Å². The number of aryl methyl sites for hydroxylation is 1. The van der Waals surface area contributed by atoms with Crippen LogP contribution >= 0.6 is 7.29 Å². The number of benzene rings is 2. The molecule has 0 atom stereocenters. The Morgan fingerprint density at radius 1 is 1.00 bits per heavy atom. The second-order valence-corrected chi connectivity index (χ2v) is 9.53. The van der Waals surface area contributed by atoms with Crippen molar-refractivity contribution < 1.29 is 26.3 Å². The number of aromatic nitrogens is 2. The molecule has 8 heteroatoms. The second-order valence-electron chi connectivity index (χ2n) is 7.27. The summed E-state index contributed by atoms with van der Waals surface area (Å²) in [5.74, 6) is 4.62. The molecule has 0 spiro atoms. The number of hydrogen-bond acceptors (Lipinski definition) is 3. The summed E-state index contributed by atoms with van der Waals surface area (Å²) in [5.41, 5.74) is 1.78. The molecule has 0 radical (unpaired) electrons. The van der Waals surface area contributed by atoms with Crippen LogP contribution in [0, 0.1) is 11.3 Å². The first-order valence-electron chi connectivity index (χ1n) is 10.2. The Morgan fingerprint density at radius 2 is 1.59 bits per heavy atom. The molecule has 2 aromatic carbocycles. The van der Waals surface area contributed by atoms with Crippen molar-refractivity contribution in [3.63, 3.8) is 0 Å². The van der Waals surface area contributed by atoms with Gasteiger partial charge in [0.1, 0.15) is 30.0 Å². The average Bonchev–Trinajstić information content (AvgIpc) is 3.25. The van der Waals surface area contributed by atoms with Gasteiger partial charge in [0.05, 0.1) is 6.54 Å². The van der Waals surface area contributed by atoms with Crippen LogP contribution in [0.2, 0.25) is 0 Å². The smallest absolute Gasteiger partial charge is 0.244 e. The fourth-order valence-corrected chi connectivity index (χ4v) is 5.25. The third-order valence-corrected chi connectivity index (χ3v) is 6.86. The van der Waals surface area contributed by atoms with Crippen LogP contribution in [0.1, 0.15) is 17.5 Å². The summed E-state index contributed by atoms with van der Waals surface area (Å²) in [4.78, 5) is 0. The van der Waals surface area contributed by atoms with E-state index in [0.717, 1.165) is 24.1 Å². The van der Waals surface area contributed by atoms with Crippen LogP contribution in [0.15, 0.2) is 91.0 Å². The molecule has 32 heavy (non-hydrogen) atoms. The van der Waals surface area contributed by atoms with Gasteiger partial charge in [-0.2, -0.15) is 5.26 Å². The molecule has 1 aliphatic rings. The van der Waals surface area contributed by atoms with Crippen molar-refractivity contribution in [1.82, 2.24) is 9.65 Å². The van der Waals surface area contributed by atoms with E-state index in [1.54, 1.807) is 11.6 Å². The summed E-state index contributed by atoms with van der Waals surface area (Å²) in [6.07, 6.45) is 6.52. The van der Waals surface area contributed by atoms with Gasteiger partial charge in [-0.3, -0.25) is 9.65 Å². The number of halogens is 1. The van der Waals surface area contributed by atoms with Crippen LogP contribution in [0.4, 0.5) is 0 Å². The highest BCUT2D eigenvalue weighted by Gasteiger charge is 2.26. The SMILES string of the molecule is N#CCn1cc[n+](CCCNP2(=O)C=C(c3ccccc3)OC(c3ccccc3)=C2)c1.[Cl-]. The van der Waals surface area contributed by atoms with Crippen LogP contribution in [0.3, 0.4) is 0 Å². The lowest BCUT2D eigenvalue weighted by atomic mass is 10.2. The monoisotopic (exact) mass is 466 g/mol. The molecular weight excluding hydrogens is 443 g/mol. The van der Waals surface area contributed by atoms with E-state index in [9.17, 15) is 4.57 Å². The lowest BCUT2D eigenvalue weighted by molar-refractivity contribution is -0.696. The van der Waals surface area contributed by atoms with Crippen molar-refractivity contribution in [2.45, 2.75) is 19.5 Å². The minimum atomic E-state index is -2.94. The Morgan fingerprint density at radius 3 is 2.16 bits per heavy atom. The molecule has 0 amide bonds. The summed E-state index contributed by atoms with van der Waals surface area (Å²) in [6, 6.07) is 21.6. The van der Waals surface area contributed by atoms with E-state index < -0.39 is 7.29 Å². The highest BCUT2D eigenvalue weighted by atomic mass is 35.5. The molecule has 0 unspecified atom stereocenters. The van der Waals surface area contributed by atoms with Crippen molar-refractivity contribution in [3.8, 4) is 6.07 Å². The molecule has 1 aliphatic heterocycles. The summed E-state index contributed by atoms with van der Waals surface area (Å²) in [6.45, 7) is 1.69. The molecule has 2 heterocycles. The number of ether oxygens (including phenoxy) is 1. The Hall–Kier alpha value is -3.10. The largest absolute Gasteiger partial charge is 1.00 e. The highest BCUT2D eigenvalue weighted by molar-refractivity contribution is 7.68. The summed E-state index contributed by atoms with van der Waals surface area (Å²) >= 11 is 0. The Balaban J connectivity index is 0.00000289. The van der Waals surface area contributed by atoms with E-state index in [2.05, 4.69) is 11.2 Å². The van der Waals surface area contributed by atoms with Crippen molar-refractivity contribution >= 4 is 18.8 Å². The zero-order valence-corrected chi connectivity index (χ0v) is 19.1. The molecule has 0 saturated heterocycles. The van der Waals surface area contributed by atoms with E-state index in [0.29, 0.717) is 24.6 Å². The number of hydrogen-bond donors (Lipinski definition) is 1. The third-order valence-electron chi connectivity index (χ3n) is 4.91. The first-order chi connectivity index (χ1) is 15.1. The van der Waals surface area contributed by atoms with Crippen molar-refractivity contribution in [2.75, 3.05) is 6.54 Å². The van der Waals surface area contributed by atoms with Crippen LogP contribution in [-0.2, 0) is 22.4 Å². The van der Waals surface area contributed by atoms with Gasteiger partial charge in [0.25, 0.3) is 0 Å². The zero-order chi connectivity index (χ0) is 21.5. The van der Waals surface area contributed by atoms with Crippen LogP contribution < -0.4 is 22.1 Å². The molecule has 0 bridgehead atoms. The topological polar surface area (TPSA) is 70.9 Å². The van der Waals surface area contributed by atoms with Gasteiger partial charge in [-0.05, 0) is 6.42 Å². The summed E-state index contributed by atoms with van der Waals surface area (Å²) in [7, 11) is -2.94. The molecule has 6 nitrogen and oxygen atoms in total. The first kappa shape index (κ1) is 23.6. The lowest BCUT2D eigenvalue weighted by Crippen LogP contribution is -3.00. The van der Waals surface area contributed by atoms with Crippen molar-refractivity contribution in [3.05, 3.63) is 102 Å². The first-order valence-corrected chi connectivity index (χ1v) is 12.0. The summed E-state index contributed by atoms with van der Waals surface area (Å²) < 4.78 is 23.7. The maximum absolute atomic E-state index is 13.7. The highest BCUT2D eigenvalue weighted by Crippen LogP contribution is 2.53. The number of imidazole rings is 1. The van der Waals surface area contributed by atoms with Gasteiger partial charge in [-0.25, -0.2) is 9.13 Å². The van der Waals surface area contributed by atoms with Crippen LogP contribution in [0.25, 0.3) is 11.5 Å². The van der Waals surface area contributed by atoms with Gasteiger partial charge >= 0.3 is 0 Å². The van der Waals surface area contributed by atoms with Gasteiger partial charge in [0.2, 0.25) is 6.33 Å². The van der Waals surface area contributed by atoms with Crippen molar-refractivity contribution in [2.24, 2.45) is 0 Å². The standard InChI is InChI=1S/C24H24N4O2P.ClH/c25-12-15-28-17-16-27(20-28)14-7-13-26-31(29)18-23(21-8-3-1-4-9-21)30-24(19-31)22-10-5-2-6-11-22;/h1-6,8-11,16-20H,7,13-15H2,(H,26,29);1H/q+1;/p-1. The van der Waals surface area contributed by atoms with Crippen LogP contribution in [-0.4, -0.2) is 11.1 Å². The molecule has 1 N–H and O–H groups in total.